The van der Waals surface area contributed by atoms with Gasteiger partial charge in [-0.25, -0.2) is 9.48 Å². The molecule has 0 amide bonds. The summed E-state index contributed by atoms with van der Waals surface area (Å²) in [5.41, 5.74) is 2.75. The molecule has 0 atom stereocenters. The van der Waals surface area contributed by atoms with Crippen molar-refractivity contribution < 1.29 is 9.90 Å². The Kier molecular flexibility index (Phi) is 3.02. The van der Waals surface area contributed by atoms with Gasteiger partial charge in [-0.15, -0.1) is 0 Å². The fourth-order valence-corrected chi connectivity index (χ4v) is 2.19. The standard InChI is InChI=1S/C14H13N5O2/c1-9-11(7-18(2)16-9)13-12(14(20)21)8-19(17-13)10-3-5-15-6-4-10/h3-8H,1-2H3,(H,20,21). The molecular formula is C14H13N5O2. The van der Waals surface area contributed by atoms with Crippen LogP contribution in [0.25, 0.3) is 16.9 Å². The summed E-state index contributed by atoms with van der Waals surface area (Å²) in [5.74, 6) is -1.02. The smallest absolute Gasteiger partial charge is 0.339 e. The number of aryl methyl sites for hydroxylation is 2. The molecule has 0 aliphatic carbocycles. The van der Waals surface area contributed by atoms with Crippen LogP contribution >= 0.6 is 0 Å². The van der Waals surface area contributed by atoms with Crippen molar-refractivity contribution in [3.63, 3.8) is 0 Å². The summed E-state index contributed by atoms with van der Waals surface area (Å²) in [6.45, 7) is 1.83. The van der Waals surface area contributed by atoms with E-state index < -0.39 is 5.97 Å². The largest absolute Gasteiger partial charge is 0.478 e. The first-order valence-electron chi connectivity index (χ1n) is 6.30. The van der Waals surface area contributed by atoms with Gasteiger partial charge in [0.05, 0.1) is 11.4 Å². The van der Waals surface area contributed by atoms with Crippen LogP contribution in [0.3, 0.4) is 0 Å². The van der Waals surface area contributed by atoms with Gasteiger partial charge in [-0.05, 0) is 19.1 Å². The third kappa shape index (κ3) is 2.29. The number of rotatable bonds is 3. The first kappa shape index (κ1) is 13.0. The van der Waals surface area contributed by atoms with Crippen molar-refractivity contribution >= 4 is 5.97 Å². The topological polar surface area (TPSA) is 85.8 Å². The van der Waals surface area contributed by atoms with Crippen molar-refractivity contribution in [2.24, 2.45) is 7.05 Å². The van der Waals surface area contributed by atoms with E-state index >= 15 is 0 Å². The molecule has 1 N–H and O–H groups in total. The van der Waals surface area contributed by atoms with Gasteiger partial charge in [0.2, 0.25) is 0 Å². The molecule has 3 aromatic rings. The summed E-state index contributed by atoms with van der Waals surface area (Å²) in [7, 11) is 1.79. The van der Waals surface area contributed by atoms with Gasteiger partial charge >= 0.3 is 5.97 Å². The van der Waals surface area contributed by atoms with Gasteiger partial charge in [0.15, 0.2) is 0 Å². The zero-order chi connectivity index (χ0) is 15.0. The number of hydrogen-bond acceptors (Lipinski definition) is 4. The highest BCUT2D eigenvalue weighted by Gasteiger charge is 2.20. The quantitative estimate of drug-likeness (QED) is 0.790. The molecule has 0 aromatic carbocycles. The zero-order valence-electron chi connectivity index (χ0n) is 11.6. The molecule has 0 unspecified atom stereocenters. The second-order valence-electron chi connectivity index (χ2n) is 4.65. The van der Waals surface area contributed by atoms with Gasteiger partial charge in [-0.1, -0.05) is 0 Å². The van der Waals surface area contributed by atoms with Crippen LogP contribution in [-0.4, -0.2) is 35.6 Å². The summed E-state index contributed by atoms with van der Waals surface area (Å²) in [6.07, 6.45) is 6.53. The van der Waals surface area contributed by atoms with Gasteiger partial charge < -0.3 is 5.11 Å². The second-order valence-corrected chi connectivity index (χ2v) is 4.65. The molecule has 0 bridgehead atoms. The normalized spacial score (nSPS) is 10.8. The van der Waals surface area contributed by atoms with Crippen molar-refractivity contribution in [3.05, 3.63) is 48.2 Å². The SMILES string of the molecule is Cc1nn(C)cc1-c1nn(-c2ccncc2)cc1C(=O)O. The molecule has 106 valence electrons. The van der Waals surface area contributed by atoms with Gasteiger partial charge in [-0.3, -0.25) is 9.67 Å². The predicted octanol–water partition coefficient (Wildman–Crippen LogP) is 1.67. The van der Waals surface area contributed by atoms with E-state index in [9.17, 15) is 9.90 Å². The third-order valence-electron chi connectivity index (χ3n) is 3.14. The van der Waals surface area contributed by atoms with Gasteiger partial charge in [0.1, 0.15) is 11.3 Å². The molecule has 3 aromatic heterocycles. The maximum absolute atomic E-state index is 11.5. The van der Waals surface area contributed by atoms with E-state index in [1.807, 2.05) is 6.92 Å². The van der Waals surface area contributed by atoms with E-state index in [-0.39, 0.29) is 5.56 Å². The highest BCUT2D eigenvalue weighted by atomic mass is 16.4. The Bertz CT molecular complexity index is 804. The van der Waals surface area contributed by atoms with Crippen LogP contribution < -0.4 is 0 Å². The Morgan fingerprint density at radius 3 is 2.48 bits per heavy atom. The van der Waals surface area contributed by atoms with Crippen molar-refractivity contribution in [2.75, 3.05) is 0 Å². The maximum atomic E-state index is 11.5. The summed E-state index contributed by atoms with van der Waals surface area (Å²) in [6, 6.07) is 3.52. The van der Waals surface area contributed by atoms with Crippen molar-refractivity contribution in [3.8, 4) is 16.9 Å². The minimum atomic E-state index is -1.02. The summed E-state index contributed by atoms with van der Waals surface area (Å²) in [5, 5.41) is 18.0. The van der Waals surface area contributed by atoms with E-state index in [1.54, 1.807) is 42.5 Å². The highest BCUT2D eigenvalue weighted by molar-refractivity contribution is 5.95. The second kappa shape index (κ2) is 4.86. The minimum absolute atomic E-state index is 0.142. The first-order chi connectivity index (χ1) is 10.1. The zero-order valence-corrected chi connectivity index (χ0v) is 11.6. The number of aromatic nitrogens is 5. The van der Waals surface area contributed by atoms with Crippen LogP contribution in [0.1, 0.15) is 16.1 Å². The highest BCUT2D eigenvalue weighted by Crippen LogP contribution is 2.25. The van der Waals surface area contributed by atoms with Crippen molar-refractivity contribution in [1.82, 2.24) is 24.5 Å². The molecule has 7 nitrogen and oxygen atoms in total. The van der Waals surface area contributed by atoms with Crippen LogP contribution in [0.2, 0.25) is 0 Å². The van der Waals surface area contributed by atoms with Crippen LogP contribution in [0.4, 0.5) is 0 Å². The van der Waals surface area contributed by atoms with Crippen molar-refractivity contribution in [2.45, 2.75) is 6.92 Å². The fraction of sp³-hybridized carbons (Fsp3) is 0.143. The van der Waals surface area contributed by atoms with Crippen molar-refractivity contribution in [1.29, 1.82) is 0 Å². The molecule has 21 heavy (non-hydrogen) atoms. The molecule has 0 fully saturated rings. The Labute approximate surface area is 120 Å². The predicted molar refractivity (Wildman–Crippen MR) is 75.3 cm³/mol. The van der Waals surface area contributed by atoms with E-state index in [4.69, 9.17) is 0 Å². The molecule has 0 saturated heterocycles. The molecule has 7 heteroatoms. The van der Waals surface area contributed by atoms with Crippen LogP contribution in [-0.2, 0) is 7.05 Å². The molecule has 0 spiro atoms. The molecule has 0 radical (unpaired) electrons. The average Bonchev–Trinajstić information content (AvgIpc) is 3.03. The number of carbonyl (C=O) groups is 1. The van der Waals surface area contributed by atoms with Gasteiger partial charge in [0.25, 0.3) is 0 Å². The lowest BCUT2D eigenvalue weighted by Crippen LogP contribution is -1.96. The van der Waals surface area contributed by atoms with Gasteiger partial charge in [0, 0.05) is 37.4 Å². The monoisotopic (exact) mass is 283 g/mol. The number of hydrogen-bond donors (Lipinski definition) is 1. The van der Waals surface area contributed by atoms with E-state index in [0.29, 0.717) is 11.3 Å². The number of pyridine rings is 1. The van der Waals surface area contributed by atoms with E-state index in [2.05, 4.69) is 15.2 Å². The summed E-state index contributed by atoms with van der Waals surface area (Å²) in [4.78, 5) is 15.4. The number of carboxylic acids is 1. The van der Waals surface area contributed by atoms with Crippen LogP contribution in [0, 0.1) is 6.92 Å². The Hall–Kier alpha value is -2.96. The molecule has 3 heterocycles. The maximum Gasteiger partial charge on any atom is 0.339 e. The first-order valence-corrected chi connectivity index (χ1v) is 6.30. The van der Waals surface area contributed by atoms with Crippen LogP contribution in [0.15, 0.2) is 36.9 Å². The molecular weight excluding hydrogens is 270 g/mol. The number of aromatic carboxylic acids is 1. The molecule has 0 saturated carbocycles. The Balaban J connectivity index is 2.18. The molecule has 0 aliphatic rings. The van der Waals surface area contributed by atoms with Crippen LogP contribution in [0.5, 0.6) is 0 Å². The van der Waals surface area contributed by atoms with E-state index in [0.717, 1.165) is 11.4 Å². The lowest BCUT2D eigenvalue weighted by atomic mass is 10.1. The van der Waals surface area contributed by atoms with E-state index in [1.165, 1.54) is 10.9 Å². The summed E-state index contributed by atoms with van der Waals surface area (Å²) < 4.78 is 3.18. The Morgan fingerprint density at radius 1 is 1.19 bits per heavy atom. The molecule has 3 rings (SSSR count). The minimum Gasteiger partial charge on any atom is -0.478 e. The fourth-order valence-electron chi connectivity index (χ4n) is 2.19. The average molecular weight is 283 g/mol. The molecule has 0 aliphatic heterocycles. The summed E-state index contributed by atoms with van der Waals surface area (Å²) >= 11 is 0. The lowest BCUT2D eigenvalue weighted by molar-refractivity contribution is 0.0697. The van der Waals surface area contributed by atoms with Gasteiger partial charge in [-0.2, -0.15) is 10.2 Å². The number of nitrogens with zero attached hydrogens (tertiary/aromatic N) is 5. The third-order valence-corrected chi connectivity index (χ3v) is 3.14. The number of carboxylic acid groups (broad SMARTS) is 1. The Morgan fingerprint density at radius 2 is 1.90 bits per heavy atom. The lowest BCUT2D eigenvalue weighted by Gasteiger charge is -1.99.